The number of carbonyl (C=O) groups excluding carboxylic acids is 2. The van der Waals surface area contributed by atoms with Gasteiger partial charge in [-0.15, -0.1) is 11.3 Å². The minimum atomic E-state index is -1.68. The van der Waals surface area contributed by atoms with Crippen LogP contribution in [0.3, 0.4) is 0 Å². The Morgan fingerprint density at radius 2 is 1.93 bits per heavy atom. The van der Waals surface area contributed by atoms with Crippen molar-refractivity contribution in [2.45, 2.75) is 44.7 Å². The van der Waals surface area contributed by atoms with Gasteiger partial charge in [0.1, 0.15) is 11.3 Å². The van der Waals surface area contributed by atoms with Crippen LogP contribution in [-0.4, -0.2) is 56.4 Å². The zero-order valence-electron chi connectivity index (χ0n) is 22.9. The fourth-order valence-electron chi connectivity index (χ4n) is 6.35. The van der Waals surface area contributed by atoms with Gasteiger partial charge in [0.15, 0.2) is 0 Å². The number of rotatable bonds is 10. The second-order valence-corrected chi connectivity index (χ2v) is 11.7. The number of H-pyrrole nitrogens is 1. The summed E-state index contributed by atoms with van der Waals surface area (Å²) in [6.45, 7) is 4.70. The van der Waals surface area contributed by atoms with Gasteiger partial charge in [-0.2, -0.15) is 0 Å². The maximum atomic E-state index is 14.1. The second-order valence-electron chi connectivity index (χ2n) is 10.8. The summed E-state index contributed by atoms with van der Waals surface area (Å²) in [7, 11) is 0. The van der Waals surface area contributed by atoms with Crippen molar-refractivity contribution >= 4 is 40.0 Å². The molecule has 4 aromatic rings. The highest BCUT2D eigenvalue weighted by Gasteiger charge is 2.68. The number of fused-ring (bicyclic) bond motifs is 2. The number of aromatic nitrogens is 2. The predicted octanol–water partition coefficient (Wildman–Crippen LogP) is 4.28. The Kier molecular flexibility index (Phi) is 7.13. The summed E-state index contributed by atoms with van der Waals surface area (Å²) >= 11 is 1.49. The molecule has 2 amide bonds. The molecule has 6 rings (SSSR count). The molecule has 2 aliphatic heterocycles. The average Bonchev–Trinajstić information content (AvgIpc) is 3.72. The third kappa shape index (κ3) is 4.61. The van der Waals surface area contributed by atoms with Crippen molar-refractivity contribution < 1.29 is 24.2 Å². The standard InChI is InChI=1S/C31H32N4O5S/c1-3-14-40-21-10-8-19(9-11-21)27-25-26(29(37)35(28(25)36)13-12-24-18(2)33-17-41-24)31(34-27,30(38)39)15-20-16-32-23-7-5-4-6-22(20)23/h4-11,16-17,25-27,32,34H,3,12-15H2,1-2H3,(H,38,39). The molecule has 0 saturated carbocycles. The van der Waals surface area contributed by atoms with Crippen LogP contribution in [0.2, 0.25) is 0 Å². The summed E-state index contributed by atoms with van der Waals surface area (Å²) in [5, 5.41) is 15.0. The second kappa shape index (κ2) is 10.8. The topological polar surface area (TPSA) is 125 Å². The van der Waals surface area contributed by atoms with Gasteiger partial charge in [0.2, 0.25) is 11.8 Å². The molecule has 2 saturated heterocycles. The number of carbonyl (C=O) groups is 3. The number of benzene rings is 2. The van der Waals surface area contributed by atoms with E-state index in [1.165, 1.54) is 16.2 Å². The van der Waals surface area contributed by atoms with Crippen molar-refractivity contribution in [2.24, 2.45) is 11.8 Å². The number of ether oxygens (including phenoxy) is 1. The Hall–Kier alpha value is -4.02. The lowest BCUT2D eigenvalue weighted by atomic mass is 9.76. The molecule has 2 aliphatic rings. The number of aryl methyl sites for hydroxylation is 1. The highest BCUT2D eigenvalue weighted by Crippen LogP contribution is 2.50. The SMILES string of the molecule is CCCOc1ccc(C2NC(Cc3c[nH]c4ccccc34)(C(=O)O)C3C(=O)N(CCc4scnc4C)C(=O)C23)cc1. The minimum Gasteiger partial charge on any atom is -0.494 e. The van der Waals surface area contributed by atoms with E-state index in [4.69, 9.17) is 4.74 Å². The fourth-order valence-corrected chi connectivity index (χ4v) is 7.12. The Morgan fingerprint density at radius 3 is 2.63 bits per heavy atom. The molecule has 0 aliphatic carbocycles. The number of hydrogen-bond donors (Lipinski definition) is 3. The highest BCUT2D eigenvalue weighted by molar-refractivity contribution is 7.09. The van der Waals surface area contributed by atoms with E-state index in [-0.39, 0.29) is 18.9 Å². The normalized spacial score (nSPS) is 23.9. The predicted molar refractivity (Wildman–Crippen MR) is 155 cm³/mol. The van der Waals surface area contributed by atoms with Gasteiger partial charge in [-0.1, -0.05) is 37.3 Å². The summed E-state index contributed by atoms with van der Waals surface area (Å²) in [6.07, 6.45) is 3.20. The smallest absolute Gasteiger partial charge is 0.325 e. The maximum Gasteiger partial charge on any atom is 0.325 e. The van der Waals surface area contributed by atoms with E-state index in [1.807, 2.05) is 62.4 Å². The van der Waals surface area contributed by atoms with E-state index in [2.05, 4.69) is 15.3 Å². The molecular weight excluding hydrogens is 540 g/mol. The number of nitrogens with one attached hydrogen (secondary N) is 2. The van der Waals surface area contributed by atoms with Gasteiger partial charge in [0, 0.05) is 47.4 Å². The molecule has 0 radical (unpaired) electrons. The molecule has 2 aromatic heterocycles. The zero-order chi connectivity index (χ0) is 28.7. The van der Waals surface area contributed by atoms with Gasteiger partial charge in [-0.25, -0.2) is 4.98 Å². The molecule has 41 heavy (non-hydrogen) atoms. The number of thiazole rings is 1. The molecule has 10 heteroatoms. The average molecular weight is 573 g/mol. The molecule has 4 atom stereocenters. The van der Waals surface area contributed by atoms with Crippen molar-refractivity contribution in [3.8, 4) is 5.75 Å². The zero-order valence-corrected chi connectivity index (χ0v) is 23.7. The summed E-state index contributed by atoms with van der Waals surface area (Å²) in [5.41, 5.74) is 3.34. The van der Waals surface area contributed by atoms with Gasteiger partial charge >= 0.3 is 5.97 Å². The molecule has 2 aromatic carbocycles. The number of aliphatic carboxylic acids is 1. The molecule has 4 heterocycles. The van der Waals surface area contributed by atoms with Gasteiger partial charge in [0.25, 0.3) is 0 Å². The number of para-hydroxylation sites is 1. The summed E-state index contributed by atoms with van der Waals surface area (Å²) in [5.74, 6) is -3.15. The van der Waals surface area contributed by atoms with Crippen molar-refractivity contribution in [3.63, 3.8) is 0 Å². The lowest BCUT2D eigenvalue weighted by Gasteiger charge is -2.31. The van der Waals surface area contributed by atoms with E-state index in [0.29, 0.717) is 18.8 Å². The first kappa shape index (κ1) is 27.2. The maximum absolute atomic E-state index is 14.1. The lowest BCUT2D eigenvalue weighted by Crippen LogP contribution is -2.57. The van der Waals surface area contributed by atoms with Gasteiger partial charge < -0.3 is 14.8 Å². The van der Waals surface area contributed by atoms with Crippen molar-refractivity contribution in [1.82, 2.24) is 20.2 Å². The molecule has 9 nitrogen and oxygen atoms in total. The highest BCUT2D eigenvalue weighted by atomic mass is 32.1. The van der Waals surface area contributed by atoms with Crippen LogP contribution >= 0.6 is 11.3 Å². The van der Waals surface area contributed by atoms with Crippen LogP contribution in [0.15, 0.2) is 60.2 Å². The van der Waals surface area contributed by atoms with Crippen LogP contribution in [0.1, 0.15) is 41.1 Å². The molecule has 0 bridgehead atoms. The monoisotopic (exact) mass is 572 g/mol. The Morgan fingerprint density at radius 1 is 1.15 bits per heavy atom. The van der Waals surface area contributed by atoms with Crippen LogP contribution in [0.25, 0.3) is 10.9 Å². The van der Waals surface area contributed by atoms with Crippen LogP contribution < -0.4 is 10.1 Å². The molecule has 4 unspecified atom stereocenters. The fraction of sp³-hybridized carbons (Fsp3) is 0.355. The number of amides is 2. The van der Waals surface area contributed by atoms with Crippen LogP contribution in [0, 0.1) is 18.8 Å². The Bertz CT molecular complexity index is 1610. The van der Waals surface area contributed by atoms with E-state index in [1.54, 1.807) is 11.7 Å². The largest absolute Gasteiger partial charge is 0.494 e. The summed E-state index contributed by atoms with van der Waals surface area (Å²) in [4.78, 5) is 51.1. The third-order valence-corrected chi connectivity index (χ3v) is 9.39. The van der Waals surface area contributed by atoms with Gasteiger partial charge in [0.05, 0.1) is 29.6 Å². The van der Waals surface area contributed by atoms with Crippen molar-refractivity contribution in [1.29, 1.82) is 0 Å². The summed E-state index contributed by atoms with van der Waals surface area (Å²) in [6, 6.07) is 14.4. The van der Waals surface area contributed by atoms with Crippen LogP contribution in [-0.2, 0) is 27.2 Å². The van der Waals surface area contributed by atoms with E-state index < -0.39 is 35.3 Å². The summed E-state index contributed by atoms with van der Waals surface area (Å²) < 4.78 is 5.73. The van der Waals surface area contributed by atoms with E-state index >= 15 is 0 Å². The third-order valence-electron chi connectivity index (χ3n) is 8.39. The van der Waals surface area contributed by atoms with Gasteiger partial charge in [-0.3, -0.25) is 24.6 Å². The number of imide groups is 1. The molecular formula is C31H32N4O5S. The molecule has 3 N–H and O–H groups in total. The molecule has 212 valence electrons. The van der Waals surface area contributed by atoms with E-state index in [0.717, 1.165) is 39.0 Å². The number of carboxylic acids is 1. The lowest BCUT2D eigenvalue weighted by molar-refractivity contribution is -0.151. The Labute approximate surface area is 241 Å². The van der Waals surface area contributed by atoms with Gasteiger partial charge in [-0.05, 0) is 42.7 Å². The van der Waals surface area contributed by atoms with Crippen molar-refractivity contribution in [3.05, 3.63) is 81.9 Å². The minimum absolute atomic E-state index is 0.0442. The first-order chi connectivity index (χ1) is 19.8. The first-order valence-corrected chi connectivity index (χ1v) is 14.7. The molecule has 2 fully saturated rings. The number of aromatic amines is 1. The number of hydrogen-bond acceptors (Lipinski definition) is 7. The number of nitrogens with zero attached hydrogens (tertiary/aromatic N) is 2. The van der Waals surface area contributed by atoms with Crippen molar-refractivity contribution in [2.75, 3.05) is 13.2 Å². The quantitative estimate of drug-likeness (QED) is 0.242. The first-order valence-electron chi connectivity index (χ1n) is 13.9. The molecule has 0 spiro atoms. The van der Waals surface area contributed by atoms with Crippen LogP contribution in [0.4, 0.5) is 0 Å². The Balaban J connectivity index is 1.39. The van der Waals surface area contributed by atoms with E-state index in [9.17, 15) is 19.5 Å². The number of likely N-dealkylation sites (tertiary alicyclic amines) is 1. The number of carboxylic acid groups (broad SMARTS) is 1. The van der Waals surface area contributed by atoms with Crippen LogP contribution in [0.5, 0.6) is 5.75 Å².